The Morgan fingerprint density at radius 3 is 2.67 bits per heavy atom. The largest absolute Gasteiger partial charge is 0.459 e. The third-order valence-electron chi connectivity index (χ3n) is 1.60. The molecule has 1 rings (SSSR count). The van der Waals surface area contributed by atoms with Crippen LogP contribution < -0.4 is 0 Å². The second-order valence-corrected chi connectivity index (χ2v) is 5.09. The van der Waals surface area contributed by atoms with E-state index in [9.17, 15) is 4.79 Å². The van der Waals surface area contributed by atoms with Gasteiger partial charge in [0.15, 0.2) is 5.92 Å². The fourth-order valence-electron chi connectivity index (χ4n) is 1.05. The lowest BCUT2D eigenvalue weighted by atomic mass is 10.1. The molecule has 1 aromatic rings. The van der Waals surface area contributed by atoms with E-state index in [1.807, 2.05) is 17.5 Å². The summed E-state index contributed by atoms with van der Waals surface area (Å²) in [6.45, 7) is 5.36. The molecule has 0 N–H and O–H groups in total. The van der Waals surface area contributed by atoms with Crippen molar-refractivity contribution in [1.82, 2.24) is 0 Å². The van der Waals surface area contributed by atoms with Crippen molar-refractivity contribution in [2.75, 3.05) is 0 Å². The average molecular weight is 223 g/mol. The molecule has 80 valence electrons. The van der Waals surface area contributed by atoms with Crippen LogP contribution in [-0.4, -0.2) is 11.6 Å². The third-order valence-corrected chi connectivity index (χ3v) is 2.54. The monoisotopic (exact) mass is 223 g/mol. The van der Waals surface area contributed by atoms with Gasteiger partial charge in [-0.2, -0.15) is 5.26 Å². The molecule has 0 amide bonds. The standard InChI is InChI=1S/C11H13NO2S/c1-11(2,3)14-10(13)8(7-12)9-5-4-6-15-9/h4-6,8H,1-3H3. The number of rotatable bonds is 2. The number of carbonyl (C=O) groups excluding carboxylic acids is 1. The third kappa shape index (κ3) is 3.37. The van der Waals surface area contributed by atoms with Gasteiger partial charge in [0, 0.05) is 4.88 Å². The summed E-state index contributed by atoms with van der Waals surface area (Å²) in [5.41, 5.74) is -0.552. The highest BCUT2D eigenvalue weighted by atomic mass is 32.1. The van der Waals surface area contributed by atoms with Crippen molar-refractivity contribution in [3.8, 4) is 6.07 Å². The van der Waals surface area contributed by atoms with Gasteiger partial charge in [0.05, 0.1) is 6.07 Å². The molecule has 4 heteroatoms. The Morgan fingerprint density at radius 1 is 1.60 bits per heavy atom. The van der Waals surface area contributed by atoms with Crippen molar-refractivity contribution in [2.24, 2.45) is 0 Å². The Morgan fingerprint density at radius 2 is 2.27 bits per heavy atom. The van der Waals surface area contributed by atoms with Crippen molar-refractivity contribution >= 4 is 17.3 Å². The fourth-order valence-corrected chi connectivity index (χ4v) is 1.81. The summed E-state index contributed by atoms with van der Waals surface area (Å²) in [5.74, 6) is -1.28. The molecule has 1 atom stereocenters. The second-order valence-electron chi connectivity index (χ2n) is 4.11. The molecule has 0 saturated heterocycles. The lowest BCUT2D eigenvalue weighted by Crippen LogP contribution is -2.27. The fraction of sp³-hybridized carbons (Fsp3) is 0.455. The molecule has 0 saturated carbocycles. The van der Waals surface area contributed by atoms with E-state index in [1.54, 1.807) is 26.8 Å². The predicted octanol–water partition coefficient (Wildman–Crippen LogP) is 2.70. The number of ether oxygens (including phenoxy) is 1. The maximum Gasteiger partial charge on any atom is 0.329 e. The molecule has 0 radical (unpaired) electrons. The van der Waals surface area contributed by atoms with Gasteiger partial charge >= 0.3 is 5.97 Å². The Labute approximate surface area is 93.3 Å². The quantitative estimate of drug-likeness (QED) is 0.724. The van der Waals surface area contributed by atoms with E-state index in [4.69, 9.17) is 10.00 Å². The van der Waals surface area contributed by atoms with Crippen molar-refractivity contribution in [3.05, 3.63) is 22.4 Å². The molecule has 0 bridgehead atoms. The number of esters is 1. The summed E-state index contributed by atoms with van der Waals surface area (Å²) in [6, 6.07) is 5.54. The molecule has 1 aromatic heterocycles. The molecule has 3 nitrogen and oxygen atoms in total. The number of hydrogen-bond donors (Lipinski definition) is 0. The minimum absolute atomic E-state index is 0.479. The molecule has 15 heavy (non-hydrogen) atoms. The van der Waals surface area contributed by atoms with Crippen LogP contribution in [0.4, 0.5) is 0 Å². The first kappa shape index (κ1) is 11.7. The van der Waals surface area contributed by atoms with Gasteiger partial charge in [0.2, 0.25) is 0 Å². The molecule has 0 fully saturated rings. The first-order valence-electron chi connectivity index (χ1n) is 4.60. The number of carbonyl (C=O) groups is 1. The van der Waals surface area contributed by atoms with Crippen LogP contribution >= 0.6 is 11.3 Å². The second kappa shape index (κ2) is 4.45. The highest BCUT2D eigenvalue weighted by Gasteiger charge is 2.26. The maximum absolute atomic E-state index is 11.7. The number of thiophene rings is 1. The van der Waals surface area contributed by atoms with E-state index in [0.717, 1.165) is 4.88 Å². The number of nitrogens with zero attached hydrogens (tertiary/aromatic N) is 1. The lowest BCUT2D eigenvalue weighted by molar-refractivity contribution is -0.155. The highest BCUT2D eigenvalue weighted by molar-refractivity contribution is 7.10. The van der Waals surface area contributed by atoms with Crippen LogP contribution in [0.3, 0.4) is 0 Å². The van der Waals surface area contributed by atoms with Crippen LogP contribution in [0.1, 0.15) is 31.6 Å². The van der Waals surface area contributed by atoms with Crippen LogP contribution in [0.15, 0.2) is 17.5 Å². The Kier molecular flexibility index (Phi) is 3.48. The zero-order valence-electron chi connectivity index (χ0n) is 8.98. The molecule has 1 unspecified atom stereocenters. The Bertz CT molecular complexity index is 370. The zero-order valence-corrected chi connectivity index (χ0v) is 9.80. The van der Waals surface area contributed by atoms with Crippen LogP contribution in [0.5, 0.6) is 0 Å². The van der Waals surface area contributed by atoms with Gasteiger partial charge in [0.1, 0.15) is 5.60 Å². The first-order chi connectivity index (χ1) is 6.94. The summed E-state index contributed by atoms with van der Waals surface area (Å²) in [5, 5.41) is 10.8. The van der Waals surface area contributed by atoms with E-state index in [1.165, 1.54) is 11.3 Å². The van der Waals surface area contributed by atoms with Crippen LogP contribution in [-0.2, 0) is 9.53 Å². The van der Waals surface area contributed by atoms with Crippen molar-refractivity contribution in [1.29, 1.82) is 5.26 Å². The van der Waals surface area contributed by atoms with Crippen molar-refractivity contribution < 1.29 is 9.53 Å². The van der Waals surface area contributed by atoms with Crippen LogP contribution in [0.2, 0.25) is 0 Å². The average Bonchev–Trinajstić information content (AvgIpc) is 2.54. The minimum Gasteiger partial charge on any atom is -0.459 e. The van der Waals surface area contributed by atoms with Crippen LogP contribution in [0, 0.1) is 11.3 Å². The van der Waals surface area contributed by atoms with Crippen LogP contribution in [0.25, 0.3) is 0 Å². The number of nitriles is 1. The van der Waals surface area contributed by atoms with E-state index in [-0.39, 0.29) is 0 Å². The molecular formula is C11H13NO2S. The van der Waals surface area contributed by atoms with E-state index in [2.05, 4.69) is 0 Å². The molecule has 0 aliphatic heterocycles. The molecule has 1 heterocycles. The van der Waals surface area contributed by atoms with E-state index < -0.39 is 17.5 Å². The van der Waals surface area contributed by atoms with E-state index in [0.29, 0.717) is 0 Å². The van der Waals surface area contributed by atoms with Crippen molar-refractivity contribution in [3.63, 3.8) is 0 Å². The van der Waals surface area contributed by atoms with Gasteiger partial charge in [-0.1, -0.05) is 6.07 Å². The first-order valence-corrected chi connectivity index (χ1v) is 5.48. The molecule has 0 aromatic carbocycles. The van der Waals surface area contributed by atoms with Crippen molar-refractivity contribution in [2.45, 2.75) is 32.3 Å². The smallest absolute Gasteiger partial charge is 0.329 e. The van der Waals surface area contributed by atoms with E-state index >= 15 is 0 Å². The highest BCUT2D eigenvalue weighted by Crippen LogP contribution is 2.23. The SMILES string of the molecule is CC(C)(C)OC(=O)C(C#N)c1cccs1. The molecule has 0 aliphatic rings. The van der Waals surface area contributed by atoms with Gasteiger partial charge in [-0.05, 0) is 32.2 Å². The van der Waals surface area contributed by atoms with Gasteiger partial charge in [-0.15, -0.1) is 11.3 Å². The Hall–Kier alpha value is -1.34. The van der Waals surface area contributed by atoms with Gasteiger partial charge < -0.3 is 4.74 Å². The van der Waals surface area contributed by atoms with Gasteiger partial charge in [0.25, 0.3) is 0 Å². The maximum atomic E-state index is 11.7. The summed E-state index contributed by atoms with van der Waals surface area (Å²) in [7, 11) is 0. The van der Waals surface area contributed by atoms with Gasteiger partial charge in [-0.25, -0.2) is 0 Å². The normalized spacial score (nSPS) is 12.9. The Balaban J connectivity index is 2.78. The van der Waals surface area contributed by atoms with Gasteiger partial charge in [-0.3, -0.25) is 4.79 Å². The predicted molar refractivity (Wildman–Crippen MR) is 58.5 cm³/mol. The molecule has 0 spiro atoms. The minimum atomic E-state index is -0.802. The summed E-state index contributed by atoms with van der Waals surface area (Å²) in [6.07, 6.45) is 0. The molecule has 0 aliphatic carbocycles. The zero-order chi connectivity index (χ0) is 11.5. The number of hydrogen-bond acceptors (Lipinski definition) is 4. The topological polar surface area (TPSA) is 50.1 Å². The summed E-state index contributed by atoms with van der Waals surface area (Å²) < 4.78 is 5.16. The summed E-state index contributed by atoms with van der Waals surface area (Å²) >= 11 is 1.39. The lowest BCUT2D eigenvalue weighted by Gasteiger charge is -2.20. The summed E-state index contributed by atoms with van der Waals surface area (Å²) in [4.78, 5) is 12.4. The molecular weight excluding hydrogens is 210 g/mol.